The first kappa shape index (κ1) is 9.60. The van der Waals surface area contributed by atoms with Crippen molar-refractivity contribution in [1.29, 1.82) is 5.26 Å². The maximum Gasteiger partial charge on any atom is 0.166 e. The van der Waals surface area contributed by atoms with Crippen molar-refractivity contribution < 1.29 is 0 Å². The number of aromatic amines is 1. The van der Waals surface area contributed by atoms with Gasteiger partial charge in [-0.3, -0.25) is 0 Å². The van der Waals surface area contributed by atoms with Gasteiger partial charge in [0.15, 0.2) is 5.69 Å². The highest BCUT2D eigenvalue weighted by atomic mass is 15.0. The Labute approximate surface area is 97.4 Å². The van der Waals surface area contributed by atoms with Gasteiger partial charge in [0.05, 0.1) is 29.4 Å². The van der Waals surface area contributed by atoms with Gasteiger partial charge in [-0.1, -0.05) is 6.07 Å². The molecule has 1 N–H and O–H groups in total. The van der Waals surface area contributed by atoms with Gasteiger partial charge < -0.3 is 9.55 Å². The van der Waals surface area contributed by atoms with E-state index in [2.05, 4.69) is 21.0 Å². The predicted octanol–water partition coefficient (Wildman–Crippen LogP) is 1.84. The highest BCUT2D eigenvalue weighted by Gasteiger charge is 2.11. The van der Waals surface area contributed by atoms with Crippen LogP contribution in [0.15, 0.2) is 30.9 Å². The summed E-state index contributed by atoms with van der Waals surface area (Å²) in [5.74, 6) is 0. The Morgan fingerprint density at radius 3 is 3.06 bits per heavy atom. The van der Waals surface area contributed by atoms with E-state index in [1.807, 2.05) is 29.8 Å². The van der Waals surface area contributed by atoms with Crippen LogP contribution >= 0.6 is 0 Å². The number of hydrogen-bond acceptors (Lipinski definition) is 3. The van der Waals surface area contributed by atoms with Crippen LogP contribution < -0.4 is 0 Å². The molecule has 82 valence electrons. The fourth-order valence-electron chi connectivity index (χ4n) is 1.94. The zero-order chi connectivity index (χ0) is 11.8. The van der Waals surface area contributed by atoms with E-state index < -0.39 is 0 Å². The van der Waals surface area contributed by atoms with Crippen molar-refractivity contribution in [2.75, 3.05) is 0 Å². The SMILES string of the molecule is Cn1cnc(C#N)c1-c1ccc2nc[nH]c2c1. The number of benzene rings is 1. The highest BCUT2D eigenvalue weighted by Crippen LogP contribution is 2.24. The molecule has 0 aliphatic carbocycles. The number of nitriles is 1. The lowest BCUT2D eigenvalue weighted by Crippen LogP contribution is -1.91. The number of nitrogens with zero attached hydrogens (tertiary/aromatic N) is 4. The van der Waals surface area contributed by atoms with Gasteiger partial charge in [0, 0.05) is 12.6 Å². The molecule has 1 aromatic carbocycles. The zero-order valence-electron chi connectivity index (χ0n) is 9.18. The number of aryl methyl sites for hydroxylation is 1. The van der Waals surface area contributed by atoms with Crippen LogP contribution in [0.25, 0.3) is 22.3 Å². The minimum absolute atomic E-state index is 0.436. The van der Waals surface area contributed by atoms with E-state index in [1.165, 1.54) is 0 Å². The molecule has 0 amide bonds. The van der Waals surface area contributed by atoms with Crippen LogP contribution in [0, 0.1) is 11.3 Å². The van der Waals surface area contributed by atoms with E-state index >= 15 is 0 Å². The molecule has 5 nitrogen and oxygen atoms in total. The summed E-state index contributed by atoms with van der Waals surface area (Å²) < 4.78 is 1.84. The van der Waals surface area contributed by atoms with Gasteiger partial charge in [-0.15, -0.1) is 0 Å². The predicted molar refractivity (Wildman–Crippen MR) is 63.0 cm³/mol. The molecule has 2 aromatic heterocycles. The van der Waals surface area contributed by atoms with Gasteiger partial charge in [0.25, 0.3) is 0 Å². The Morgan fingerprint density at radius 2 is 2.24 bits per heavy atom. The van der Waals surface area contributed by atoms with Crippen molar-refractivity contribution in [3.8, 4) is 17.3 Å². The van der Waals surface area contributed by atoms with Crippen LogP contribution in [-0.4, -0.2) is 19.5 Å². The number of nitrogens with one attached hydrogen (secondary N) is 1. The third kappa shape index (κ3) is 1.39. The Hall–Kier alpha value is -2.61. The quantitative estimate of drug-likeness (QED) is 0.684. The molecule has 0 radical (unpaired) electrons. The average molecular weight is 223 g/mol. The smallest absolute Gasteiger partial charge is 0.166 e. The molecule has 3 rings (SSSR count). The second-order valence-corrected chi connectivity index (χ2v) is 3.80. The summed E-state index contributed by atoms with van der Waals surface area (Å²) in [6.07, 6.45) is 3.30. The molecular formula is C12H9N5. The van der Waals surface area contributed by atoms with Gasteiger partial charge in [-0.25, -0.2) is 9.97 Å². The highest BCUT2D eigenvalue weighted by molar-refractivity contribution is 5.81. The van der Waals surface area contributed by atoms with Crippen LogP contribution in [-0.2, 0) is 7.05 Å². The molecule has 2 heterocycles. The Balaban J connectivity index is 2.26. The van der Waals surface area contributed by atoms with Crippen LogP contribution in [0.2, 0.25) is 0 Å². The lowest BCUT2D eigenvalue weighted by Gasteiger charge is -2.02. The number of hydrogen-bond donors (Lipinski definition) is 1. The van der Waals surface area contributed by atoms with Crippen molar-refractivity contribution in [3.05, 3.63) is 36.5 Å². The topological polar surface area (TPSA) is 70.3 Å². The molecule has 17 heavy (non-hydrogen) atoms. The van der Waals surface area contributed by atoms with E-state index in [9.17, 15) is 0 Å². The second kappa shape index (κ2) is 3.46. The van der Waals surface area contributed by atoms with Crippen molar-refractivity contribution in [1.82, 2.24) is 19.5 Å². The normalized spacial score (nSPS) is 10.6. The molecule has 0 bridgehead atoms. The summed E-state index contributed by atoms with van der Waals surface area (Å²) in [6, 6.07) is 7.94. The van der Waals surface area contributed by atoms with Crippen molar-refractivity contribution in [2.45, 2.75) is 0 Å². The molecular weight excluding hydrogens is 214 g/mol. The lowest BCUT2D eigenvalue weighted by atomic mass is 10.1. The number of rotatable bonds is 1. The van der Waals surface area contributed by atoms with Crippen molar-refractivity contribution in [2.24, 2.45) is 7.05 Å². The summed E-state index contributed by atoms with van der Waals surface area (Å²) in [6.45, 7) is 0. The summed E-state index contributed by atoms with van der Waals surface area (Å²) in [5.41, 5.74) is 4.08. The van der Waals surface area contributed by atoms with Gasteiger partial charge in [0.1, 0.15) is 6.07 Å². The number of H-pyrrole nitrogens is 1. The van der Waals surface area contributed by atoms with E-state index in [1.54, 1.807) is 12.7 Å². The van der Waals surface area contributed by atoms with Gasteiger partial charge in [-0.05, 0) is 12.1 Å². The summed E-state index contributed by atoms with van der Waals surface area (Å²) in [7, 11) is 1.88. The zero-order valence-corrected chi connectivity index (χ0v) is 9.18. The third-order valence-corrected chi connectivity index (χ3v) is 2.74. The first-order valence-corrected chi connectivity index (χ1v) is 5.14. The lowest BCUT2D eigenvalue weighted by molar-refractivity contribution is 0.921. The first-order chi connectivity index (χ1) is 8.29. The summed E-state index contributed by atoms with van der Waals surface area (Å²) in [5, 5.41) is 9.02. The van der Waals surface area contributed by atoms with E-state index in [0.29, 0.717) is 5.69 Å². The molecule has 3 aromatic rings. The molecule has 0 atom stereocenters. The van der Waals surface area contributed by atoms with E-state index in [0.717, 1.165) is 22.3 Å². The molecule has 0 spiro atoms. The van der Waals surface area contributed by atoms with Crippen molar-refractivity contribution in [3.63, 3.8) is 0 Å². The van der Waals surface area contributed by atoms with Crippen LogP contribution in [0.5, 0.6) is 0 Å². The first-order valence-electron chi connectivity index (χ1n) is 5.14. The largest absolute Gasteiger partial charge is 0.345 e. The molecule has 0 saturated carbocycles. The number of aromatic nitrogens is 4. The Morgan fingerprint density at radius 1 is 1.35 bits per heavy atom. The molecule has 5 heteroatoms. The van der Waals surface area contributed by atoms with E-state index in [-0.39, 0.29) is 0 Å². The molecule has 0 saturated heterocycles. The molecule has 0 unspecified atom stereocenters. The van der Waals surface area contributed by atoms with Crippen LogP contribution in [0.3, 0.4) is 0 Å². The number of imidazole rings is 2. The van der Waals surface area contributed by atoms with Gasteiger partial charge in [-0.2, -0.15) is 5.26 Å². The minimum Gasteiger partial charge on any atom is -0.345 e. The second-order valence-electron chi connectivity index (χ2n) is 3.80. The summed E-state index contributed by atoms with van der Waals surface area (Å²) >= 11 is 0. The van der Waals surface area contributed by atoms with Crippen molar-refractivity contribution >= 4 is 11.0 Å². The standard InChI is InChI=1S/C12H9N5/c1-17-7-16-11(5-13)12(17)8-2-3-9-10(4-8)15-6-14-9/h2-4,6-7H,1H3,(H,14,15). The Bertz CT molecular complexity index is 729. The van der Waals surface area contributed by atoms with Crippen LogP contribution in [0.1, 0.15) is 5.69 Å². The maximum absolute atomic E-state index is 9.02. The van der Waals surface area contributed by atoms with E-state index in [4.69, 9.17) is 5.26 Å². The minimum atomic E-state index is 0.436. The monoisotopic (exact) mass is 223 g/mol. The fourth-order valence-corrected chi connectivity index (χ4v) is 1.94. The van der Waals surface area contributed by atoms with Gasteiger partial charge >= 0.3 is 0 Å². The van der Waals surface area contributed by atoms with Crippen LogP contribution in [0.4, 0.5) is 0 Å². The number of fused-ring (bicyclic) bond motifs is 1. The fraction of sp³-hybridized carbons (Fsp3) is 0.0833. The molecule has 0 fully saturated rings. The third-order valence-electron chi connectivity index (χ3n) is 2.74. The molecule has 0 aliphatic rings. The van der Waals surface area contributed by atoms with Gasteiger partial charge in [0.2, 0.25) is 0 Å². The average Bonchev–Trinajstić information content (AvgIpc) is 2.93. The maximum atomic E-state index is 9.02. The molecule has 0 aliphatic heterocycles. The Kier molecular flexibility index (Phi) is 1.95. The summed E-state index contributed by atoms with van der Waals surface area (Å²) in [4.78, 5) is 11.3.